The summed E-state index contributed by atoms with van der Waals surface area (Å²) in [5.41, 5.74) is 0.882. The first-order valence-corrected chi connectivity index (χ1v) is 13.3. The third-order valence-electron chi connectivity index (χ3n) is 5.37. The summed E-state index contributed by atoms with van der Waals surface area (Å²) in [4.78, 5) is 41.5. The Hall–Kier alpha value is -2.87. The van der Waals surface area contributed by atoms with Crippen molar-refractivity contribution >= 4 is 60.8 Å². The molecule has 34 heavy (non-hydrogen) atoms. The molecule has 1 aromatic carbocycles. The van der Waals surface area contributed by atoms with Crippen LogP contribution in [0.3, 0.4) is 0 Å². The number of thiazole rings is 1. The first-order chi connectivity index (χ1) is 16.3. The van der Waals surface area contributed by atoms with E-state index in [1.807, 2.05) is 0 Å². The summed E-state index contributed by atoms with van der Waals surface area (Å²) in [6.45, 7) is 0.0191. The van der Waals surface area contributed by atoms with Crippen molar-refractivity contribution in [1.82, 2.24) is 8.87 Å². The van der Waals surface area contributed by atoms with Gasteiger partial charge in [0, 0.05) is 6.54 Å². The van der Waals surface area contributed by atoms with E-state index in [1.54, 1.807) is 29.6 Å². The molecule has 3 aromatic rings. The highest BCUT2D eigenvalue weighted by Gasteiger charge is 2.40. The number of rotatable bonds is 6. The lowest BCUT2D eigenvalue weighted by molar-refractivity contribution is -0.141. The van der Waals surface area contributed by atoms with E-state index in [1.165, 1.54) is 29.2 Å². The number of carbonyl (C=O) groups excluding carboxylic acids is 3. The fourth-order valence-electron chi connectivity index (χ4n) is 3.72. The number of hydrogen-bond donors (Lipinski definition) is 0. The summed E-state index contributed by atoms with van der Waals surface area (Å²) in [7, 11) is -1.29. The van der Waals surface area contributed by atoms with Gasteiger partial charge in [-0.2, -0.15) is 9.30 Å². The van der Waals surface area contributed by atoms with Gasteiger partial charge in [0.15, 0.2) is 4.80 Å². The number of esters is 2. The van der Waals surface area contributed by atoms with E-state index < -0.39 is 33.9 Å². The van der Waals surface area contributed by atoms with E-state index in [9.17, 15) is 22.8 Å². The molecular weight excluding hydrogens is 502 g/mol. The van der Waals surface area contributed by atoms with Gasteiger partial charge in [-0.05, 0) is 42.5 Å². The molecular formula is C21H21N3O7S3. The zero-order valence-corrected chi connectivity index (χ0v) is 20.7. The summed E-state index contributed by atoms with van der Waals surface area (Å²) >= 11 is 2.20. The molecule has 4 rings (SSSR count). The highest BCUT2D eigenvalue weighted by Crippen LogP contribution is 2.29. The molecule has 1 aliphatic rings. The minimum absolute atomic E-state index is 0.171. The molecule has 1 aliphatic heterocycles. The fraction of sp³-hybridized carbons (Fsp3) is 0.333. The number of aromatic nitrogens is 1. The average molecular weight is 524 g/mol. The maximum Gasteiger partial charge on any atom is 0.337 e. The minimum Gasteiger partial charge on any atom is -0.468 e. The molecule has 0 spiro atoms. The quantitative estimate of drug-likeness (QED) is 0.453. The van der Waals surface area contributed by atoms with Crippen LogP contribution in [0.5, 0.6) is 0 Å². The predicted molar refractivity (Wildman–Crippen MR) is 125 cm³/mol. The number of ether oxygens (including phenoxy) is 2. The Morgan fingerprint density at radius 1 is 1.18 bits per heavy atom. The van der Waals surface area contributed by atoms with E-state index in [0.717, 1.165) is 22.7 Å². The molecule has 1 atom stereocenters. The van der Waals surface area contributed by atoms with Crippen molar-refractivity contribution < 1.29 is 32.3 Å². The smallest absolute Gasteiger partial charge is 0.337 e. The Balaban J connectivity index is 1.76. The zero-order valence-electron chi connectivity index (χ0n) is 18.3. The average Bonchev–Trinajstić information content (AvgIpc) is 3.59. The standard InChI is InChI=1S/C21H21N3O7S3/c1-30-17(25)12-23-14-8-7-13(20(27)31-2)11-16(14)33-21(23)22-19(26)15-5-3-9-24(15)34(28,29)18-6-4-10-32-18/h4,6-8,10-11,15H,3,5,9,12H2,1-2H3. The second kappa shape index (κ2) is 9.78. The third-order valence-corrected chi connectivity index (χ3v) is 9.69. The molecule has 0 bridgehead atoms. The highest BCUT2D eigenvalue weighted by atomic mass is 32.2. The van der Waals surface area contributed by atoms with Gasteiger partial charge in [0.05, 0.1) is 30.0 Å². The van der Waals surface area contributed by atoms with Crippen LogP contribution in [-0.2, 0) is 35.6 Å². The molecule has 2 aromatic heterocycles. The number of benzene rings is 1. The first-order valence-electron chi connectivity index (χ1n) is 10.2. The van der Waals surface area contributed by atoms with Crippen LogP contribution in [0.4, 0.5) is 0 Å². The molecule has 3 heterocycles. The first kappa shape index (κ1) is 24.3. The molecule has 0 saturated carbocycles. The van der Waals surface area contributed by atoms with Gasteiger partial charge in [-0.1, -0.05) is 17.4 Å². The number of nitrogens with zero attached hydrogens (tertiary/aromatic N) is 3. The van der Waals surface area contributed by atoms with Gasteiger partial charge in [-0.15, -0.1) is 11.3 Å². The molecule has 13 heteroatoms. The number of carbonyl (C=O) groups is 3. The van der Waals surface area contributed by atoms with Crippen LogP contribution in [0.2, 0.25) is 0 Å². The highest BCUT2D eigenvalue weighted by molar-refractivity contribution is 7.91. The SMILES string of the molecule is COC(=O)Cn1c(=NC(=O)C2CCCN2S(=O)(=O)c2cccs2)sc2cc(C(=O)OC)ccc21. The lowest BCUT2D eigenvalue weighted by Gasteiger charge is -2.20. The Kier molecular flexibility index (Phi) is 6.98. The van der Waals surface area contributed by atoms with Gasteiger partial charge in [0.25, 0.3) is 15.9 Å². The fourth-order valence-corrected chi connectivity index (χ4v) is 7.56. The van der Waals surface area contributed by atoms with Crippen molar-refractivity contribution in [2.45, 2.75) is 29.6 Å². The van der Waals surface area contributed by atoms with Crippen molar-refractivity contribution in [2.75, 3.05) is 20.8 Å². The van der Waals surface area contributed by atoms with Gasteiger partial charge >= 0.3 is 11.9 Å². The van der Waals surface area contributed by atoms with E-state index in [0.29, 0.717) is 28.6 Å². The number of fused-ring (bicyclic) bond motifs is 1. The third kappa shape index (κ3) is 4.56. The van der Waals surface area contributed by atoms with Gasteiger partial charge in [-0.25, -0.2) is 13.2 Å². The van der Waals surface area contributed by atoms with Crippen molar-refractivity contribution in [1.29, 1.82) is 0 Å². The van der Waals surface area contributed by atoms with Crippen molar-refractivity contribution in [3.63, 3.8) is 0 Å². The van der Waals surface area contributed by atoms with Crippen LogP contribution in [-0.4, -0.2) is 61.9 Å². The zero-order chi connectivity index (χ0) is 24.5. The summed E-state index contributed by atoms with van der Waals surface area (Å²) in [5.74, 6) is -1.69. The summed E-state index contributed by atoms with van der Waals surface area (Å²) in [5, 5.41) is 1.67. The van der Waals surface area contributed by atoms with E-state index in [2.05, 4.69) is 4.99 Å². The van der Waals surface area contributed by atoms with Crippen LogP contribution < -0.4 is 4.80 Å². The second-order valence-electron chi connectivity index (χ2n) is 7.38. The normalized spacial score (nSPS) is 17.2. The number of hydrogen-bond acceptors (Lipinski definition) is 9. The van der Waals surface area contributed by atoms with Crippen LogP contribution >= 0.6 is 22.7 Å². The molecule has 0 radical (unpaired) electrons. The molecule has 10 nitrogen and oxygen atoms in total. The topological polar surface area (TPSA) is 124 Å². The van der Waals surface area contributed by atoms with Crippen LogP contribution in [0.1, 0.15) is 23.2 Å². The predicted octanol–water partition coefficient (Wildman–Crippen LogP) is 2.00. The second-order valence-corrected chi connectivity index (χ2v) is 11.5. The Morgan fingerprint density at radius 3 is 2.65 bits per heavy atom. The van der Waals surface area contributed by atoms with Crippen LogP contribution in [0.15, 0.2) is 44.9 Å². The Morgan fingerprint density at radius 2 is 1.97 bits per heavy atom. The molecule has 0 aliphatic carbocycles. The molecule has 1 amide bonds. The lowest BCUT2D eigenvalue weighted by Crippen LogP contribution is -2.40. The maximum absolute atomic E-state index is 13.2. The Labute approximate surface area is 203 Å². The van der Waals surface area contributed by atoms with E-state index in [4.69, 9.17) is 9.47 Å². The maximum atomic E-state index is 13.2. The molecule has 1 unspecified atom stereocenters. The number of methoxy groups -OCH3 is 2. The molecule has 0 N–H and O–H groups in total. The number of amides is 1. The molecule has 1 fully saturated rings. The van der Waals surface area contributed by atoms with Crippen LogP contribution in [0.25, 0.3) is 10.2 Å². The largest absolute Gasteiger partial charge is 0.468 e. The van der Waals surface area contributed by atoms with Gasteiger partial charge in [0.1, 0.15) is 16.8 Å². The van der Waals surface area contributed by atoms with E-state index in [-0.39, 0.29) is 22.1 Å². The monoisotopic (exact) mass is 523 g/mol. The van der Waals surface area contributed by atoms with E-state index >= 15 is 0 Å². The number of sulfonamides is 1. The summed E-state index contributed by atoms with van der Waals surface area (Å²) in [6.07, 6.45) is 0.884. The minimum atomic E-state index is -3.82. The van der Waals surface area contributed by atoms with Gasteiger partial charge in [0.2, 0.25) is 0 Å². The lowest BCUT2D eigenvalue weighted by atomic mass is 10.2. The van der Waals surface area contributed by atoms with Crippen molar-refractivity contribution in [3.8, 4) is 0 Å². The van der Waals surface area contributed by atoms with Crippen LogP contribution in [0, 0.1) is 0 Å². The molecule has 180 valence electrons. The summed E-state index contributed by atoms with van der Waals surface area (Å²) in [6, 6.07) is 6.98. The number of thiophene rings is 1. The Bertz CT molecular complexity index is 1420. The summed E-state index contributed by atoms with van der Waals surface area (Å²) < 4.78 is 39.0. The van der Waals surface area contributed by atoms with Crippen molar-refractivity contribution in [2.24, 2.45) is 4.99 Å². The van der Waals surface area contributed by atoms with Crippen molar-refractivity contribution in [3.05, 3.63) is 46.1 Å². The van der Waals surface area contributed by atoms with Gasteiger partial charge < -0.3 is 14.0 Å². The molecule has 1 saturated heterocycles. The van der Waals surface area contributed by atoms with Gasteiger partial charge in [-0.3, -0.25) is 9.59 Å².